The number of rotatable bonds is 4. The summed E-state index contributed by atoms with van der Waals surface area (Å²) >= 11 is 0. The van der Waals surface area contributed by atoms with Crippen LogP contribution in [0.1, 0.15) is 40.1 Å². The summed E-state index contributed by atoms with van der Waals surface area (Å²) in [6.07, 6.45) is 4.41. The van der Waals surface area contributed by atoms with Gasteiger partial charge in [-0.05, 0) is 19.9 Å². The van der Waals surface area contributed by atoms with Crippen LogP contribution in [0.25, 0.3) is 0 Å². The minimum atomic E-state index is -0.841. The standard InChI is InChI=1S/C19H24N6O2/c1-12-9-21-16(13(2)17(12)26)11-24-6-7-25-14(10-24)8-15(22-25)18(27)19-20-4-5-23(19)3/h4-5,8-9,18,27H,6-7,10-11H2,1-3H3,(H,21,26)/t18-/m1/s1. The molecule has 0 unspecified atom stereocenters. The number of hydrogen-bond acceptors (Lipinski definition) is 5. The molecule has 4 rings (SSSR count). The average molecular weight is 368 g/mol. The minimum Gasteiger partial charge on any atom is -0.379 e. The molecular weight excluding hydrogens is 344 g/mol. The number of H-pyrrole nitrogens is 1. The van der Waals surface area contributed by atoms with Gasteiger partial charge in [-0.3, -0.25) is 14.4 Å². The maximum Gasteiger partial charge on any atom is 0.187 e. The third-order valence-corrected chi connectivity index (χ3v) is 5.28. The van der Waals surface area contributed by atoms with E-state index in [2.05, 4.69) is 20.0 Å². The first-order valence-corrected chi connectivity index (χ1v) is 9.06. The topological polar surface area (TPSA) is 92.0 Å². The van der Waals surface area contributed by atoms with Gasteiger partial charge in [0.15, 0.2) is 11.5 Å². The first-order chi connectivity index (χ1) is 12.9. The van der Waals surface area contributed by atoms with Gasteiger partial charge in [0.05, 0.1) is 17.9 Å². The van der Waals surface area contributed by atoms with Gasteiger partial charge in [-0.15, -0.1) is 0 Å². The number of fused-ring (bicyclic) bond motifs is 1. The van der Waals surface area contributed by atoms with Crippen molar-refractivity contribution in [1.29, 1.82) is 0 Å². The van der Waals surface area contributed by atoms with Crippen LogP contribution >= 0.6 is 0 Å². The summed E-state index contributed by atoms with van der Waals surface area (Å²) in [5, 5.41) is 15.2. The molecule has 142 valence electrons. The van der Waals surface area contributed by atoms with Crippen molar-refractivity contribution in [3.05, 3.63) is 68.9 Å². The van der Waals surface area contributed by atoms with Gasteiger partial charge in [0.1, 0.15) is 5.82 Å². The highest BCUT2D eigenvalue weighted by atomic mass is 16.3. The molecule has 4 heterocycles. The molecule has 0 fully saturated rings. The van der Waals surface area contributed by atoms with Gasteiger partial charge in [0.2, 0.25) is 0 Å². The third kappa shape index (κ3) is 3.22. The van der Waals surface area contributed by atoms with Crippen molar-refractivity contribution >= 4 is 0 Å². The van der Waals surface area contributed by atoms with E-state index in [4.69, 9.17) is 0 Å². The van der Waals surface area contributed by atoms with Crippen molar-refractivity contribution in [3.63, 3.8) is 0 Å². The summed E-state index contributed by atoms with van der Waals surface area (Å²) < 4.78 is 3.74. The molecule has 0 radical (unpaired) electrons. The number of pyridine rings is 1. The Balaban J connectivity index is 1.52. The van der Waals surface area contributed by atoms with Gasteiger partial charge in [-0.1, -0.05) is 0 Å². The summed E-state index contributed by atoms with van der Waals surface area (Å²) in [5.74, 6) is 0.579. The highest BCUT2D eigenvalue weighted by molar-refractivity contribution is 5.24. The lowest BCUT2D eigenvalue weighted by Crippen LogP contribution is -2.34. The van der Waals surface area contributed by atoms with Crippen LogP contribution < -0.4 is 5.43 Å². The highest BCUT2D eigenvalue weighted by Crippen LogP contribution is 2.23. The van der Waals surface area contributed by atoms with E-state index in [1.54, 1.807) is 23.2 Å². The van der Waals surface area contributed by atoms with Crippen LogP contribution in [0.5, 0.6) is 0 Å². The van der Waals surface area contributed by atoms with Gasteiger partial charge in [0.25, 0.3) is 0 Å². The molecule has 0 aliphatic carbocycles. The van der Waals surface area contributed by atoms with E-state index < -0.39 is 6.10 Å². The largest absolute Gasteiger partial charge is 0.379 e. The quantitative estimate of drug-likeness (QED) is 0.717. The molecule has 0 saturated carbocycles. The molecule has 1 atom stereocenters. The second-order valence-electron chi connectivity index (χ2n) is 7.20. The fourth-order valence-corrected chi connectivity index (χ4v) is 3.57. The molecule has 0 spiro atoms. The first-order valence-electron chi connectivity index (χ1n) is 9.06. The van der Waals surface area contributed by atoms with Crippen LogP contribution in [0.15, 0.2) is 29.5 Å². The van der Waals surface area contributed by atoms with Crippen LogP contribution in [0.2, 0.25) is 0 Å². The Kier molecular flexibility index (Phi) is 4.45. The van der Waals surface area contributed by atoms with Crippen LogP contribution in [-0.4, -0.2) is 40.9 Å². The molecular formula is C19H24N6O2. The summed E-state index contributed by atoms with van der Waals surface area (Å²) in [6.45, 7) is 6.68. The number of hydrogen-bond donors (Lipinski definition) is 2. The van der Waals surface area contributed by atoms with Crippen molar-refractivity contribution in [2.45, 2.75) is 39.6 Å². The molecule has 3 aromatic heterocycles. The van der Waals surface area contributed by atoms with Crippen LogP contribution in [0.3, 0.4) is 0 Å². The molecule has 27 heavy (non-hydrogen) atoms. The normalized spacial score (nSPS) is 15.7. The van der Waals surface area contributed by atoms with Crippen molar-refractivity contribution in [1.82, 2.24) is 29.2 Å². The van der Waals surface area contributed by atoms with E-state index >= 15 is 0 Å². The number of aromatic amines is 1. The van der Waals surface area contributed by atoms with E-state index in [-0.39, 0.29) is 5.43 Å². The number of imidazole rings is 1. The predicted octanol–water partition coefficient (Wildman–Crippen LogP) is 1.02. The predicted molar refractivity (Wildman–Crippen MR) is 100 cm³/mol. The zero-order chi connectivity index (χ0) is 19.1. The second-order valence-corrected chi connectivity index (χ2v) is 7.20. The second kappa shape index (κ2) is 6.79. The lowest BCUT2D eigenvalue weighted by atomic mass is 10.1. The molecule has 8 heteroatoms. The summed E-state index contributed by atoms with van der Waals surface area (Å²) in [7, 11) is 1.86. The molecule has 0 bridgehead atoms. The van der Waals surface area contributed by atoms with E-state index in [1.807, 2.05) is 31.6 Å². The smallest absolute Gasteiger partial charge is 0.187 e. The number of nitrogens with zero attached hydrogens (tertiary/aromatic N) is 5. The summed E-state index contributed by atoms with van der Waals surface area (Å²) in [5.41, 5.74) is 4.23. The van der Waals surface area contributed by atoms with Crippen LogP contribution in [-0.2, 0) is 26.7 Å². The monoisotopic (exact) mass is 368 g/mol. The maximum absolute atomic E-state index is 12.2. The third-order valence-electron chi connectivity index (χ3n) is 5.28. The van der Waals surface area contributed by atoms with Crippen LogP contribution in [0.4, 0.5) is 0 Å². The molecule has 0 amide bonds. The molecule has 1 aliphatic heterocycles. The number of nitrogens with one attached hydrogen (secondary N) is 1. The van der Waals surface area contributed by atoms with Crippen LogP contribution in [0, 0.1) is 13.8 Å². The van der Waals surface area contributed by atoms with Gasteiger partial charge in [0, 0.05) is 62.1 Å². The zero-order valence-electron chi connectivity index (χ0n) is 15.8. The Morgan fingerprint density at radius 1 is 1.33 bits per heavy atom. The fourth-order valence-electron chi connectivity index (χ4n) is 3.57. The van der Waals surface area contributed by atoms with Gasteiger partial charge in [-0.2, -0.15) is 5.10 Å². The fraction of sp³-hybridized carbons (Fsp3) is 0.421. The zero-order valence-corrected chi connectivity index (χ0v) is 15.8. The Morgan fingerprint density at radius 2 is 2.15 bits per heavy atom. The number of aromatic nitrogens is 5. The van der Waals surface area contributed by atoms with Crippen molar-refractivity contribution in [3.8, 4) is 0 Å². The molecule has 2 N–H and O–H groups in total. The summed E-state index contributed by atoms with van der Waals surface area (Å²) in [4.78, 5) is 21.9. The number of aryl methyl sites for hydroxylation is 2. The Hall–Kier alpha value is -2.71. The summed E-state index contributed by atoms with van der Waals surface area (Å²) in [6, 6.07) is 1.94. The van der Waals surface area contributed by atoms with E-state index in [9.17, 15) is 9.90 Å². The van der Waals surface area contributed by atoms with E-state index in [0.717, 1.165) is 42.1 Å². The average Bonchev–Trinajstić information content (AvgIpc) is 3.27. The first kappa shape index (κ1) is 17.7. The lowest BCUT2D eigenvalue weighted by Gasteiger charge is -2.27. The lowest BCUT2D eigenvalue weighted by molar-refractivity contribution is 0.193. The Labute approximate surface area is 157 Å². The van der Waals surface area contributed by atoms with E-state index in [1.165, 1.54) is 0 Å². The molecule has 1 aliphatic rings. The molecule has 8 nitrogen and oxygen atoms in total. The van der Waals surface area contributed by atoms with Crippen molar-refractivity contribution in [2.24, 2.45) is 7.05 Å². The van der Waals surface area contributed by atoms with E-state index in [0.29, 0.717) is 18.1 Å². The Bertz CT molecular complexity index is 1030. The Morgan fingerprint density at radius 3 is 2.89 bits per heavy atom. The molecule has 3 aromatic rings. The van der Waals surface area contributed by atoms with Gasteiger partial charge in [-0.25, -0.2) is 4.98 Å². The number of aliphatic hydroxyl groups excluding tert-OH is 1. The number of aliphatic hydroxyl groups is 1. The highest BCUT2D eigenvalue weighted by Gasteiger charge is 2.24. The van der Waals surface area contributed by atoms with Crippen molar-refractivity contribution < 1.29 is 5.11 Å². The maximum atomic E-state index is 12.2. The molecule has 0 saturated heterocycles. The van der Waals surface area contributed by atoms with Gasteiger partial charge < -0.3 is 14.7 Å². The SMILES string of the molecule is Cc1c[nH]c(CN2CCn3nc([C@@H](O)c4nccn4C)cc3C2)c(C)c1=O. The van der Waals surface area contributed by atoms with Gasteiger partial charge >= 0.3 is 0 Å². The van der Waals surface area contributed by atoms with Crippen molar-refractivity contribution in [2.75, 3.05) is 6.54 Å². The molecule has 0 aromatic carbocycles. The minimum absolute atomic E-state index is 0.103.